The second kappa shape index (κ2) is 11.9. The van der Waals surface area contributed by atoms with Crippen molar-refractivity contribution in [3.05, 3.63) is 47.2 Å². The molecule has 3 saturated heterocycles. The number of hydrogen-bond donors (Lipinski definition) is 3. The van der Waals surface area contributed by atoms with Crippen molar-refractivity contribution < 1.29 is 19.8 Å². The lowest BCUT2D eigenvalue weighted by Gasteiger charge is -2.43. The van der Waals surface area contributed by atoms with E-state index in [1.165, 1.54) is 11.1 Å². The number of fused-ring (bicyclic) bond motifs is 1. The van der Waals surface area contributed by atoms with Gasteiger partial charge in [0.2, 0.25) is 11.9 Å². The molecule has 0 unspecified atom stereocenters. The second-order valence-electron chi connectivity index (χ2n) is 11.9. The number of anilines is 2. The standard InChI is InChI=1S/C30H41N7O4/c1-20(38)34-12-7-23(8-13-34)31-28-16-25(32-30(33-28)37-14-9-24(39)18-37)29(41)36-15-10-26(27(40)19-36)35-11-6-21-4-2-3-5-22(21)17-35/h2-5,16,23-24,26-27,39-40H,6-15,17-19H2,1H3,(H,31,32,33)/t24-,26-,27-/m1/s1. The lowest BCUT2D eigenvalue weighted by Crippen LogP contribution is -2.56. The van der Waals surface area contributed by atoms with Gasteiger partial charge in [-0.05, 0) is 43.2 Å². The van der Waals surface area contributed by atoms with Gasteiger partial charge in [-0.2, -0.15) is 4.98 Å². The predicted octanol–water partition coefficient (Wildman–Crippen LogP) is 1.10. The van der Waals surface area contributed by atoms with Gasteiger partial charge in [0.15, 0.2) is 0 Å². The van der Waals surface area contributed by atoms with Gasteiger partial charge in [0, 0.05) is 77.4 Å². The Balaban J connectivity index is 1.15. The molecule has 0 bridgehead atoms. The Morgan fingerprint density at radius 3 is 2.37 bits per heavy atom. The zero-order valence-corrected chi connectivity index (χ0v) is 23.8. The lowest BCUT2D eigenvalue weighted by atomic mass is 9.94. The van der Waals surface area contributed by atoms with Crippen molar-refractivity contribution in [1.29, 1.82) is 0 Å². The van der Waals surface area contributed by atoms with Crippen molar-refractivity contribution in [2.24, 2.45) is 0 Å². The van der Waals surface area contributed by atoms with Crippen molar-refractivity contribution in [2.45, 2.75) is 69.9 Å². The molecule has 5 heterocycles. The number of rotatable bonds is 5. The Kier molecular flexibility index (Phi) is 8.10. The Bertz CT molecular complexity index is 1270. The molecule has 3 fully saturated rings. The number of aliphatic hydroxyl groups excluding tert-OH is 2. The molecule has 11 heteroatoms. The van der Waals surface area contributed by atoms with Crippen LogP contribution in [0.5, 0.6) is 0 Å². The summed E-state index contributed by atoms with van der Waals surface area (Å²) in [6.07, 6.45) is 2.81. The quantitative estimate of drug-likeness (QED) is 0.491. The number of carbonyl (C=O) groups is 2. The maximum absolute atomic E-state index is 13.8. The van der Waals surface area contributed by atoms with Crippen molar-refractivity contribution in [2.75, 3.05) is 56.0 Å². The minimum Gasteiger partial charge on any atom is -0.391 e. The average molecular weight is 564 g/mol. The van der Waals surface area contributed by atoms with Gasteiger partial charge in [0.05, 0.1) is 12.2 Å². The summed E-state index contributed by atoms with van der Waals surface area (Å²) in [5.74, 6) is 0.871. The topological polar surface area (TPSA) is 125 Å². The molecule has 2 amide bonds. The lowest BCUT2D eigenvalue weighted by molar-refractivity contribution is -0.129. The summed E-state index contributed by atoms with van der Waals surface area (Å²) in [4.78, 5) is 42.7. The molecular formula is C30H41N7O4. The summed E-state index contributed by atoms with van der Waals surface area (Å²) in [5.41, 5.74) is 2.99. The molecular weight excluding hydrogens is 522 g/mol. The van der Waals surface area contributed by atoms with Gasteiger partial charge < -0.3 is 30.2 Å². The smallest absolute Gasteiger partial charge is 0.272 e. The summed E-state index contributed by atoms with van der Waals surface area (Å²) in [6.45, 7) is 6.55. The van der Waals surface area contributed by atoms with Crippen molar-refractivity contribution in [1.82, 2.24) is 24.7 Å². The van der Waals surface area contributed by atoms with E-state index in [1.807, 2.05) is 9.80 Å². The first-order valence-corrected chi connectivity index (χ1v) is 15.0. The van der Waals surface area contributed by atoms with Crippen molar-refractivity contribution in [3.8, 4) is 0 Å². The molecule has 3 N–H and O–H groups in total. The number of carbonyl (C=O) groups excluding carboxylic acids is 2. The fourth-order valence-electron chi connectivity index (χ4n) is 6.72. The first-order chi connectivity index (χ1) is 19.8. The van der Waals surface area contributed by atoms with Crippen LogP contribution in [0.1, 0.15) is 54.2 Å². The SMILES string of the molecule is CC(=O)N1CCC(Nc2cc(C(=O)N3CC[C@@H](N4CCc5ccccc5C4)[C@H](O)C3)nc(N3CC[C@@H](O)C3)n2)CC1. The molecule has 3 atom stereocenters. The average Bonchev–Trinajstić information content (AvgIpc) is 3.43. The molecule has 1 aromatic heterocycles. The zero-order chi connectivity index (χ0) is 28.5. The minimum absolute atomic E-state index is 0.0116. The van der Waals surface area contributed by atoms with E-state index in [0.717, 1.165) is 32.4 Å². The molecule has 4 aliphatic heterocycles. The number of likely N-dealkylation sites (tertiary alicyclic amines) is 2. The molecule has 1 aromatic carbocycles. The molecule has 0 spiro atoms. The van der Waals surface area contributed by atoms with Crippen LogP contribution in [0.25, 0.3) is 0 Å². The van der Waals surface area contributed by atoms with Crippen LogP contribution in [0.3, 0.4) is 0 Å². The van der Waals surface area contributed by atoms with Gasteiger partial charge >= 0.3 is 0 Å². The zero-order valence-electron chi connectivity index (χ0n) is 23.8. The fourth-order valence-corrected chi connectivity index (χ4v) is 6.72. The summed E-state index contributed by atoms with van der Waals surface area (Å²) in [7, 11) is 0. The van der Waals surface area contributed by atoms with Gasteiger partial charge in [0.25, 0.3) is 5.91 Å². The summed E-state index contributed by atoms with van der Waals surface area (Å²) < 4.78 is 0. The summed E-state index contributed by atoms with van der Waals surface area (Å²) in [5, 5.41) is 24.8. The van der Waals surface area contributed by atoms with Gasteiger partial charge in [-0.15, -0.1) is 0 Å². The van der Waals surface area contributed by atoms with E-state index in [0.29, 0.717) is 57.3 Å². The molecule has 2 aromatic rings. The van der Waals surface area contributed by atoms with Crippen molar-refractivity contribution in [3.63, 3.8) is 0 Å². The largest absolute Gasteiger partial charge is 0.391 e. The molecule has 4 aliphatic rings. The highest BCUT2D eigenvalue weighted by atomic mass is 16.3. The van der Waals surface area contributed by atoms with Crippen LogP contribution in [-0.4, -0.2) is 117 Å². The van der Waals surface area contributed by atoms with Crippen LogP contribution in [0.2, 0.25) is 0 Å². The predicted molar refractivity (Wildman–Crippen MR) is 155 cm³/mol. The number of hydrogen-bond acceptors (Lipinski definition) is 9. The van der Waals surface area contributed by atoms with Gasteiger partial charge in [-0.25, -0.2) is 4.98 Å². The van der Waals surface area contributed by atoms with E-state index >= 15 is 0 Å². The third kappa shape index (κ3) is 6.17. The van der Waals surface area contributed by atoms with Crippen LogP contribution >= 0.6 is 0 Å². The van der Waals surface area contributed by atoms with Crippen LogP contribution < -0.4 is 10.2 Å². The van der Waals surface area contributed by atoms with Gasteiger partial charge in [-0.3, -0.25) is 14.5 Å². The fraction of sp³-hybridized carbons (Fsp3) is 0.600. The van der Waals surface area contributed by atoms with Gasteiger partial charge in [0.1, 0.15) is 11.5 Å². The number of aliphatic hydroxyl groups is 2. The Morgan fingerprint density at radius 1 is 0.902 bits per heavy atom. The van der Waals surface area contributed by atoms with E-state index in [2.05, 4.69) is 39.5 Å². The van der Waals surface area contributed by atoms with Crippen LogP contribution in [0.15, 0.2) is 30.3 Å². The van der Waals surface area contributed by atoms with E-state index < -0.39 is 12.2 Å². The molecule has 41 heavy (non-hydrogen) atoms. The molecule has 0 saturated carbocycles. The number of nitrogens with one attached hydrogen (secondary N) is 1. The normalized spacial score (nSPS) is 25.7. The van der Waals surface area contributed by atoms with Gasteiger partial charge in [-0.1, -0.05) is 24.3 Å². The van der Waals surface area contributed by atoms with Crippen molar-refractivity contribution >= 4 is 23.6 Å². The maximum atomic E-state index is 13.8. The number of amides is 2. The van der Waals surface area contributed by atoms with E-state index in [4.69, 9.17) is 4.98 Å². The number of nitrogens with zero attached hydrogens (tertiary/aromatic N) is 6. The van der Waals surface area contributed by atoms with Crippen LogP contribution in [0, 0.1) is 0 Å². The Morgan fingerprint density at radius 2 is 1.66 bits per heavy atom. The van der Waals surface area contributed by atoms with E-state index in [9.17, 15) is 19.8 Å². The Labute approximate surface area is 241 Å². The molecule has 220 valence electrons. The molecule has 0 aliphatic carbocycles. The summed E-state index contributed by atoms with van der Waals surface area (Å²) >= 11 is 0. The first-order valence-electron chi connectivity index (χ1n) is 15.0. The number of β-amino-alcohol motifs (C(OH)–C–C–N with tert-alkyl or cyclic N) is 2. The third-order valence-corrected chi connectivity index (χ3v) is 9.13. The molecule has 6 rings (SSSR count). The number of aromatic nitrogens is 2. The van der Waals surface area contributed by atoms with E-state index in [-0.39, 0.29) is 36.1 Å². The third-order valence-electron chi connectivity index (χ3n) is 9.13. The highest BCUT2D eigenvalue weighted by Crippen LogP contribution is 2.27. The highest BCUT2D eigenvalue weighted by Gasteiger charge is 2.36. The summed E-state index contributed by atoms with van der Waals surface area (Å²) in [6, 6.07) is 10.3. The monoisotopic (exact) mass is 563 g/mol. The number of piperidine rings is 2. The Hall–Kier alpha value is -3.28. The molecule has 0 radical (unpaired) electrons. The number of benzene rings is 1. The van der Waals surface area contributed by atoms with Crippen LogP contribution in [0.4, 0.5) is 11.8 Å². The minimum atomic E-state index is -0.642. The highest BCUT2D eigenvalue weighted by molar-refractivity contribution is 5.93. The second-order valence-corrected chi connectivity index (χ2v) is 11.9. The first kappa shape index (κ1) is 27.9. The maximum Gasteiger partial charge on any atom is 0.272 e. The molecule has 11 nitrogen and oxygen atoms in total. The van der Waals surface area contributed by atoms with E-state index in [1.54, 1.807) is 17.9 Å². The van der Waals surface area contributed by atoms with Crippen LogP contribution in [-0.2, 0) is 17.8 Å².